The molecule has 5 nitrogen and oxygen atoms in total. The zero-order chi connectivity index (χ0) is 18.4. The lowest BCUT2D eigenvalue weighted by Crippen LogP contribution is -2.45. The van der Waals surface area contributed by atoms with Gasteiger partial charge < -0.3 is 14.4 Å². The average Bonchev–Trinajstić information content (AvgIpc) is 2.66. The van der Waals surface area contributed by atoms with Crippen molar-refractivity contribution < 1.29 is 14.3 Å². The van der Waals surface area contributed by atoms with Crippen LogP contribution in [0.2, 0.25) is 5.02 Å². The first kappa shape index (κ1) is 18.7. The van der Waals surface area contributed by atoms with Gasteiger partial charge in [-0.25, -0.2) is 0 Å². The highest BCUT2D eigenvalue weighted by molar-refractivity contribution is 6.30. The number of piperidine rings is 1. The molecular formula is C20H23ClN2O3. The second-order valence-electron chi connectivity index (χ2n) is 6.47. The summed E-state index contributed by atoms with van der Waals surface area (Å²) in [5.74, 6) is 0.665. The van der Waals surface area contributed by atoms with Crippen molar-refractivity contribution in [1.82, 2.24) is 9.88 Å². The number of aryl methyl sites for hydroxylation is 1. The highest BCUT2D eigenvalue weighted by Crippen LogP contribution is 2.22. The molecule has 0 aliphatic carbocycles. The Hall–Kier alpha value is -2.11. The summed E-state index contributed by atoms with van der Waals surface area (Å²) in [6, 6.07) is 9.26. The number of amides is 1. The van der Waals surface area contributed by atoms with E-state index in [2.05, 4.69) is 4.98 Å². The summed E-state index contributed by atoms with van der Waals surface area (Å²) in [5, 5.41) is 0.658. The van der Waals surface area contributed by atoms with E-state index in [4.69, 9.17) is 21.1 Å². The van der Waals surface area contributed by atoms with Crippen LogP contribution in [-0.4, -0.2) is 41.6 Å². The number of carbonyl (C=O) groups excluding carboxylic acids is 1. The molecule has 26 heavy (non-hydrogen) atoms. The standard InChI is InChI=1S/C20H23ClN2O3/c1-15-10-17(21)6-7-19(15)26-14-20(24)23-9-3-5-18(12-23)25-13-16-4-2-8-22-11-16/h2,4,6-8,10-11,18H,3,5,9,12-14H2,1H3/t18-/m0/s1. The van der Waals surface area contributed by atoms with Gasteiger partial charge >= 0.3 is 0 Å². The fourth-order valence-corrected chi connectivity index (χ4v) is 3.23. The second-order valence-corrected chi connectivity index (χ2v) is 6.91. The Morgan fingerprint density at radius 2 is 2.27 bits per heavy atom. The lowest BCUT2D eigenvalue weighted by atomic mass is 10.1. The van der Waals surface area contributed by atoms with E-state index >= 15 is 0 Å². The number of likely N-dealkylation sites (tertiary alicyclic amines) is 1. The highest BCUT2D eigenvalue weighted by atomic mass is 35.5. The molecule has 1 atom stereocenters. The van der Waals surface area contributed by atoms with E-state index in [9.17, 15) is 4.79 Å². The number of ether oxygens (including phenoxy) is 2. The summed E-state index contributed by atoms with van der Waals surface area (Å²) in [7, 11) is 0. The minimum absolute atomic E-state index is 0.0194. The largest absolute Gasteiger partial charge is 0.483 e. The summed E-state index contributed by atoms with van der Waals surface area (Å²) in [6.45, 7) is 3.80. The summed E-state index contributed by atoms with van der Waals surface area (Å²) in [4.78, 5) is 18.4. The number of hydrogen-bond donors (Lipinski definition) is 0. The molecule has 1 aliphatic heterocycles. The van der Waals surface area contributed by atoms with Crippen LogP contribution in [-0.2, 0) is 16.1 Å². The lowest BCUT2D eigenvalue weighted by molar-refractivity contribution is -0.137. The molecule has 1 fully saturated rings. The first-order chi connectivity index (χ1) is 12.6. The topological polar surface area (TPSA) is 51.7 Å². The first-order valence-electron chi connectivity index (χ1n) is 8.79. The van der Waals surface area contributed by atoms with Gasteiger partial charge in [0.05, 0.1) is 12.7 Å². The summed E-state index contributed by atoms with van der Waals surface area (Å²) in [5.41, 5.74) is 1.96. The third-order valence-corrected chi connectivity index (χ3v) is 4.66. The molecule has 0 saturated carbocycles. The molecule has 138 valence electrons. The highest BCUT2D eigenvalue weighted by Gasteiger charge is 2.24. The molecule has 3 rings (SSSR count). The molecule has 1 aromatic carbocycles. The zero-order valence-corrected chi connectivity index (χ0v) is 15.6. The van der Waals surface area contributed by atoms with Crippen molar-refractivity contribution in [3.8, 4) is 5.75 Å². The predicted octanol–water partition coefficient (Wildman–Crippen LogP) is 3.63. The molecule has 0 bridgehead atoms. The second kappa shape index (κ2) is 9.01. The number of carbonyl (C=O) groups is 1. The third-order valence-electron chi connectivity index (χ3n) is 4.43. The normalized spacial score (nSPS) is 17.2. The molecule has 0 spiro atoms. The SMILES string of the molecule is Cc1cc(Cl)ccc1OCC(=O)N1CCC[C@H](OCc2cccnc2)C1. The fourth-order valence-electron chi connectivity index (χ4n) is 3.00. The van der Waals surface area contributed by atoms with E-state index in [1.165, 1.54) is 0 Å². The van der Waals surface area contributed by atoms with Crippen molar-refractivity contribution in [2.75, 3.05) is 19.7 Å². The number of rotatable bonds is 6. The van der Waals surface area contributed by atoms with Gasteiger partial charge in [0.25, 0.3) is 5.91 Å². The number of aromatic nitrogens is 1. The number of halogens is 1. The maximum absolute atomic E-state index is 12.5. The van der Waals surface area contributed by atoms with Crippen LogP contribution in [0, 0.1) is 6.92 Å². The van der Waals surface area contributed by atoms with Crippen molar-refractivity contribution >= 4 is 17.5 Å². The molecule has 2 aromatic rings. The summed E-state index contributed by atoms with van der Waals surface area (Å²) in [6.07, 6.45) is 5.48. The minimum Gasteiger partial charge on any atom is -0.483 e. The lowest BCUT2D eigenvalue weighted by Gasteiger charge is -2.32. The van der Waals surface area contributed by atoms with Crippen LogP contribution in [0.25, 0.3) is 0 Å². The van der Waals surface area contributed by atoms with Gasteiger partial charge in [-0.15, -0.1) is 0 Å². The third kappa shape index (κ3) is 5.19. The van der Waals surface area contributed by atoms with Gasteiger partial charge in [0.1, 0.15) is 5.75 Å². The van der Waals surface area contributed by atoms with Crippen molar-refractivity contribution in [3.63, 3.8) is 0 Å². The van der Waals surface area contributed by atoms with Crippen molar-refractivity contribution in [3.05, 3.63) is 58.9 Å². The van der Waals surface area contributed by atoms with Crippen LogP contribution >= 0.6 is 11.6 Å². The maximum Gasteiger partial charge on any atom is 0.260 e. The van der Waals surface area contributed by atoms with Crippen LogP contribution in [0.15, 0.2) is 42.7 Å². The van der Waals surface area contributed by atoms with Gasteiger partial charge in [0, 0.05) is 30.5 Å². The van der Waals surface area contributed by atoms with Crippen molar-refractivity contribution in [2.45, 2.75) is 32.5 Å². The average molecular weight is 375 g/mol. The summed E-state index contributed by atoms with van der Waals surface area (Å²) < 4.78 is 11.6. The molecule has 1 aliphatic rings. The Labute approximate surface area is 158 Å². The maximum atomic E-state index is 12.5. The number of pyridine rings is 1. The Balaban J connectivity index is 1.48. The van der Waals surface area contributed by atoms with E-state index in [-0.39, 0.29) is 18.6 Å². The van der Waals surface area contributed by atoms with Gasteiger partial charge in [-0.05, 0) is 55.2 Å². The Kier molecular flexibility index (Phi) is 6.47. The van der Waals surface area contributed by atoms with Crippen LogP contribution in [0.1, 0.15) is 24.0 Å². The van der Waals surface area contributed by atoms with Gasteiger partial charge in [-0.3, -0.25) is 9.78 Å². The van der Waals surface area contributed by atoms with Crippen LogP contribution in [0.5, 0.6) is 5.75 Å². The van der Waals surface area contributed by atoms with Gasteiger partial charge in [-0.1, -0.05) is 17.7 Å². The molecule has 2 heterocycles. The fraction of sp³-hybridized carbons (Fsp3) is 0.400. The Bertz CT molecular complexity index is 739. The van der Waals surface area contributed by atoms with E-state index in [1.807, 2.05) is 30.0 Å². The van der Waals surface area contributed by atoms with E-state index in [0.717, 1.165) is 30.5 Å². The van der Waals surface area contributed by atoms with Crippen molar-refractivity contribution in [2.24, 2.45) is 0 Å². The molecule has 6 heteroatoms. The van der Waals surface area contributed by atoms with Gasteiger partial charge in [0.2, 0.25) is 0 Å². The quantitative estimate of drug-likeness (QED) is 0.774. The van der Waals surface area contributed by atoms with Crippen LogP contribution in [0.3, 0.4) is 0 Å². The molecule has 0 unspecified atom stereocenters. The molecule has 1 saturated heterocycles. The van der Waals surface area contributed by atoms with Gasteiger partial charge in [0.15, 0.2) is 6.61 Å². The molecule has 0 radical (unpaired) electrons. The Morgan fingerprint density at radius 3 is 3.04 bits per heavy atom. The summed E-state index contributed by atoms with van der Waals surface area (Å²) >= 11 is 5.94. The predicted molar refractivity (Wildman–Crippen MR) is 100 cm³/mol. The molecular weight excluding hydrogens is 352 g/mol. The smallest absolute Gasteiger partial charge is 0.260 e. The number of benzene rings is 1. The molecule has 1 amide bonds. The van der Waals surface area contributed by atoms with Crippen LogP contribution in [0.4, 0.5) is 0 Å². The first-order valence-corrected chi connectivity index (χ1v) is 9.17. The molecule has 1 aromatic heterocycles. The van der Waals surface area contributed by atoms with E-state index < -0.39 is 0 Å². The van der Waals surface area contributed by atoms with Crippen molar-refractivity contribution in [1.29, 1.82) is 0 Å². The minimum atomic E-state index is -0.0194. The van der Waals surface area contributed by atoms with Crippen LogP contribution < -0.4 is 4.74 Å². The van der Waals surface area contributed by atoms with Gasteiger partial charge in [-0.2, -0.15) is 0 Å². The monoisotopic (exact) mass is 374 g/mol. The molecule has 0 N–H and O–H groups in total. The Morgan fingerprint density at radius 1 is 1.38 bits per heavy atom. The van der Waals surface area contributed by atoms with E-state index in [0.29, 0.717) is 23.9 Å². The number of nitrogens with zero attached hydrogens (tertiary/aromatic N) is 2. The zero-order valence-electron chi connectivity index (χ0n) is 14.9. The van der Waals surface area contributed by atoms with E-state index in [1.54, 1.807) is 24.5 Å². The number of hydrogen-bond acceptors (Lipinski definition) is 4.